The molecular formula is C15H22N2O3. The summed E-state index contributed by atoms with van der Waals surface area (Å²) >= 11 is 0. The van der Waals surface area contributed by atoms with Crippen molar-refractivity contribution in [2.75, 3.05) is 20.3 Å². The van der Waals surface area contributed by atoms with E-state index >= 15 is 0 Å². The van der Waals surface area contributed by atoms with Gasteiger partial charge in [0.2, 0.25) is 5.76 Å². The van der Waals surface area contributed by atoms with E-state index in [2.05, 4.69) is 10.5 Å². The summed E-state index contributed by atoms with van der Waals surface area (Å²) in [5, 5.41) is 7.04. The predicted molar refractivity (Wildman–Crippen MR) is 73.6 cm³/mol. The fourth-order valence-electron chi connectivity index (χ4n) is 3.27. The molecule has 1 aromatic heterocycles. The summed E-state index contributed by atoms with van der Waals surface area (Å²) < 4.78 is 10.5. The first-order chi connectivity index (χ1) is 9.74. The van der Waals surface area contributed by atoms with Crippen LogP contribution in [0.1, 0.15) is 53.9 Å². The molecule has 0 aliphatic heterocycles. The molecule has 3 rings (SSSR count). The molecular weight excluding hydrogens is 256 g/mol. The molecule has 20 heavy (non-hydrogen) atoms. The lowest BCUT2D eigenvalue weighted by molar-refractivity contribution is 0.0176. The number of amides is 1. The van der Waals surface area contributed by atoms with E-state index in [1.165, 1.54) is 6.42 Å². The van der Waals surface area contributed by atoms with Gasteiger partial charge in [-0.3, -0.25) is 4.79 Å². The van der Waals surface area contributed by atoms with Gasteiger partial charge in [0.05, 0.1) is 12.3 Å². The molecule has 5 nitrogen and oxygen atoms in total. The number of nitrogens with one attached hydrogen (secondary N) is 1. The zero-order valence-electron chi connectivity index (χ0n) is 12.0. The number of nitrogens with zero attached hydrogens (tertiary/aromatic N) is 1. The molecule has 1 aromatic rings. The van der Waals surface area contributed by atoms with Crippen LogP contribution in [0.2, 0.25) is 0 Å². The van der Waals surface area contributed by atoms with Gasteiger partial charge in [-0.05, 0) is 38.5 Å². The molecule has 110 valence electrons. The van der Waals surface area contributed by atoms with Gasteiger partial charge in [0.1, 0.15) is 0 Å². The third kappa shape index (κ3) is 2.46. The van der Waals surface area contributed by atoms with E-state index in [1.807, 2.05) is 0 Å². The SMILES string of the molecule is COCC1(CNC(=O)c2onc3c2CCCC3)CCC1. The number of rotatable bonds is 5. The highest BCUT2D eigenvalue weighted by Gasteiger charge is 2.37. The van der Waals surface area contributed by atoms with Crippen molar-refractivity contribution in [1.82, 2.24) is 10.5 Å². The monoisotopic (exact) mass is 278 g/mol. The number of aryl methyl sites for hydroxylation is 1. The molecule has 0 spiro atoms. The number of carbonyl (C=O) groups is 1. The molecule has 0 radical (unpaired) electrons. The van der Waals surface area contributed by atoms with Gasteiger partial charge >= 0.3 is 0 Å². The molecule has 0 atom stereocenters. The Hall–Kier alpha value is -1.36. The lowest BCUT2D eigenvalue weighted by Gasteiger charge is -2.41. The molecule has 1 fully saturated rings. The Balaban J connectivity index is 1.63. The fourth-order valence-corrected chi connectivity index (χ4v) is 3.27. The number of aromatic nitrogens is 1. The fraction of sp³-hybridized carbons (Fsp3) is 0.733. The van der Waals surface area contributed by atoms with Crippen LogP contribution in [0, 0.1) is 5.41 Å². The van der Waals surface area contributed by atoms with Crippen LogP contribution in [-0.4, -0.2) is 31.3 Å². The minimum absolute atomic E-state index is 0.122. The maximum atomic E-state index is 12.3. The topological polar surface area (TPSA) is 64.4 Å². The summed E-state index contributed by atoms with van der Waals surface area (Å²) in [5.74, 6) is 0.301. The van der Waals surface area contributed by atoms with E-state index < -0.39 is 0 Å². The average molecular weight is 278 g/mol. The maximum absolute atomic E-state index is 12.3. The van der Waals surface area contributed by atoms with Crippen molar-refractivity contribution in [3.8, 4) is 0 Å². The Bertz CT molecular complexity index is 491. The van der Waals surface area contributed by atoms with Crippen LogP contribution >= 0.6 is 0 Å². The Morgan fingerprint density at radius 3 is 2.85 bits per heavy atom. The number of hydrogen-bond donors (Lipinski definition) is 1. The van der Waals surface area contributed by atoms with Gasteiger partial charge in [0, 0.05) is 24.6 Å². The highest BCUT2D eigenvalue weighted by Crippen LogP contribution is 2.40. The van der Waals surface area contributed by atoms with Gasteiger partial charge in [-0.1, -0.05) is 11.6 Å². The zero-order chi connectivity index (χ0) is 14.0. The summed E-state index contributed by atoms with van der Waals surface area (Å²) in [6, 6.07) is 0. The first-order valence-electron chi connectivity index (χ1n) is 7.49. The molecule has 1 saturated carbocycles. The third-order valence-electron chi connectivity index (χ3n) is 4.65. The van der Waals surface area contributed by atoms with E-state index in [1.54, 1.807) is 7.11 Å². The lowest BCUT2D eigenvalue weighted by Crippen LogP contribution is -2.45. The standard InChI is InChI=1S/C15H22N2O3/c1-19-10-15(7-4-8-15)9-16-14(18)13-11-5-2-3-6-12(11)17-20-13/h2-10H2,1H3,(H,16,18). The van der Waals surface area contributed by atoms with E-state index in [0.29, 0.717) is 18.9 Å². The molecule has 1 heterocycles. The Morgan fingerprint density at radius 2 is 2.15 bits per heavy atom. The second kappa shape index (κ2) is 5.56. The van der Waals surface area contributed by atoms with Crippen LogP contribution < -0.4 is 5.32 Å². The number of carbonyl (C=O) groups excluding carboxylic acids is 1. The molecule has 0 saturated heterocycles. The quantitative estimate of drug-likeness (QED) is 0.896. The number of ether oxygens (including phenoxy) is 1. The Kier molecular flexibility index (Phi) is 3.78. The molecule has 0 bridgehead atoms. The van der Waals surface area contributed by atoms with Gasteiger partial charge in [0.15, 0.2) is 0 Å². The maximum Gasteiger partial charge on any atom is 0.290 e. The molecule has 1 N–H and O–H groups in total. The van der Waals surface area contributed by atoms with Gasteiger partial charge in [0.25, 0.3) is 5.91 Å². The smallest absolute Gasteiger partial charge is 0.290 e. The van der Waals surface area contributed by atoms with Gasteiger partial charge in [-0.15, -0.1) is 0 Å². The second-order valence-electron chi connectivity index (χ2n) is 6.11. The van der Waals surface area contributed by atoms with Crippen molar-refractivity contribution in [2.45, 2.75) is 44.9 Å². The highest BCUT2D eigenvalue weighted by atomic mass is 16.5. The van der Waals surface area contributed by atoms with Crippen molar-refractivity contribution in [3.05, 3.63) is 17.0 Å². The summed E-state index contributed by atoms with van der Waals surface area (Å²) in [4.78, 5) is 12.3. The first kappa shape index (κ1) is 13.6. The number of fused-ring (bicyclic) bond motifs is 1. The summed E-state index contributed by atoms with van der Waals surface area (Å²) in [6.45, 7) is 1.37. The van der Waals surface area contributed by atoms with E-state index in [0.717, 1.165) is 49.8 Å². The van der Waals surface area contributed by atoms with E-state index in [9.17, 15) is 4.79 Å². The van der Waals surface area contributed by atoms with Crippen LogP contribution in [0.15, 0.2) is 4.52 Å². The lowest BCUT2D eigenvalue weighted by atomic mass is 9.69. The van der Waals surface area contributed by atoms with Crippen LogP contribution in [0.25, 0.3) is 0 Å². The predicted octanol–water partition coefficient (Wildman–Crippen LogP) is 2.10. The van der Waals surface area contributed by atoms with Crippen LogP contribution in [0.3, 0.4) is 0 Å². The van der Waals surface area contributed by atoms with E-state index in [-0.39, 0.29) is 11.3 Å². The van der Waals surface area contributed by atoms with Gasteiger partial charge in [-0.25, -0.2) is 0 Å². The van der Waals surface area contributed by atoms with Gasteiger partial charge < -0.3 is 14.6 Å². The summed E-state index contributed by atoms with van der Waals surface area (Å²) in [7, 11) is 1.72. The van der Waals surface area contributed by atoms with E-state index in [4.69, 9.17) is 9.26 Å². The number of hydrogen-bond acceptors (Lipinski definition) is 4. The minimum atomic E-state index is -0.122. The number of methoxy groups -OCH3 is 1. The molecule has 1 amide bonds. The Morgan fingerprint density at radius 1 is 1.35 bits per heavy atom. The van der Waals surface area contributed by atoms with Crippen LogP contribution in [-0.2, 0) is 17.6 Å². The normalized spacial score (nSPS) is 20.1. The van der Waals surface area contributed by atoms with Crippen molar-refractivity contribution < 1.29 is 14.1 Å². The molecule has 2 aliphatic carbocycles. The highest BCUT2D eigenvalue weighted by molar-refractivity contribution is 5.93. The second-order valence-corrected chi connectivity index (χ2v) is 6.11. The van der Waals surface area contributed by atoms with Crippen molar-refractivity contribution in [1.29, 1.82) is 0 Å². The molecule has 0 aromatic carbocycles. The summed E-state index contributed by atoms with van der Waals surface area (Å²) in [6.07, 6.45) is 7.55. The van der Waals surface area contributed by atoms with Gasteiger partial charge in [-0.2, -0.15) is 0 Å². The molecule has 2 aliphatic rings. The molecule has 0 unspecified atom stereocenters. The Labute approximate surface area is 119 Å². The van der Waals surface area contributed by atoms with Crippen molar-refractivity contribution >= 4 is 5.91 Å². The van der Waals surface area contributed by atoms with Crippen molar-refractivity contribution in [2.24, 2.45) is 5.41 Å². The van der Waals surface area contributed by atoms with Crippen LogP contribution in [0.4, 0.5) is 0 Å². The summed E-state index contributed by atoms with van der Waals surface area (Å²) in [5.41, 5.74) is 2.12. The first-order valence-corrected chi connectivity index (χ1v) is 7.49. The molecule has 5 heteroatoms. The average Bonchev–Trinajstić information content (AvgIpc) is 2.85. The van der Waals surface area contributed by atoms with Crippen LogP contribution in [0.5, 0.6) is 0 Å². The third-order valence-corrected chi connectivity index (χ3v) is 4.65. The minimum Gasteiger partial charge on any atom is -0.384 e. The largest absolute Gasteiger partial charge is 0.384 e. The van der Waals surface area contributed by atoms with Crippen molar-refractivity contribution in [3.63, 3.8) is 0 Å². The zero-order valence-corrected chi connectivity index (χ0v) is 12.0.